The molecule has 0 amide bonds. The Morgan fingerprint density at radius 1 is 1.16 bits per heavy atom. The van der Waals surface area contributed by atoms with Crippen molar-refractivity contribution in [3.05, 3.63) is 23.5 Å². The Hall–Kier alpha value is -2.15. The molecule has 2 unspecified atom stereocenters. The molecule has 1 saturated heterocycles. The number of carbonyl (C=O) groups is 1. The Morgan fingerprint density at radius 3 is 2.47 bits per heavy atom. The Morgan fingerprint density at radius 2 is 1.81 bits per heavy atom. The molecule has 0 aliphatic carbocycles. The molecule has 1 aliphatic rings. The van der Waals surface area contributed by atoms with Crippen LogP contribution >= 0.6 is 0 Å². The van der Waals surface area contributed by atoms with Crippen LogP contribution in [0, 0.1) is 5.41 Å². The topological polar surface area (TPSA) is 114 Å². The molecule has 7 heteroatoms. The van der Waals surface area contributed by atoms with E-state index in [0.717, 1.165) is 37.7 Å². The molecule has 0 radical (unpaired) electrons. The molecule has 2 heterocycles. The van der Waals surface area contributed by atoms with Gasteiger partial charge in [0.25, 0.3) is 0 Å². The molecule has 32 heavy (non-hydrogen) atoms. The number of ether oxygens (including phenoxy) is 2. The van der Waals surface area contributed by atoms with Gasteiger partial charge in [0.05, 0.1) is 17.9 Å². The number of aliphatic imine (C=N–C) groups is 1. The quantitative estimate of drug-likeness (QED) is 0.131. The molecule has 2 rings (SSSR count). The van der Waals surface area contributed by atoms with Crippen molar-refractivity contribution in [3.63, 3.8) is 0 Å². The summed E-state index contributed by atoms with van der Waals surface area (Å²) in [6, 6.07) is 3.75. The van der Waals surface area contributed by atoms with Gasteiger partial charge in [0, 0.05) is 12.1 Å². The summed E-state index contributed by atoms with van der Waals surface area (Å²) in [7, 11) is 0. The van der Waals surface area contributed by atoms with Crippen LogP contribution in [-0.4, -0.2) is 35.8 Å². The van der Waals surface area contributed by atoms with Crippen LogP contribution in [0.15, 0.2) is 17.1 Å². The van der Waals surface area contributed by atoms with Gasteiger partial charge in [-0.05, 0) is 31.4 Å². The molecule has 1 aromatic heterocycles. The van der Waals surface area contributed by atoms with E-state index in [9.17, 15) is 4.79 Å². The number of aromatic amines is 1. The van der Waals surface area contributed by atoms with Crippen molar-refractivity contribution in [2.45, 2.75) is 110 Å². The Labute approximate surface area is 194 Å². The van der Waals surface area contributed by atoms with E-state index in [1.165, 1.54) is 44.9 Å². The summed E-state index contributed by atoms with van der Waals surface area (Å²) in [4.78, 5) is 18.9. The summed E-state index contributed by atoms with van der Waals surface area (Å²) < 4.78 is 11.4. The fraction of sp³-hybridized carbons (Fsp3) is 0.720. The minimum Gasteiger partial charge on any atom is -0.463 e. The van der Waals surface area contributed by atoms with Crippen LogP contribution in [0.25, 0.3) is 0 Å². The van der Waals surface area contributed by atoms with Gasteiger partial charge >= 0.3 is 5.97 Å². The number of hydrogen-bond donors (Lipinski definition) is 3. The van der Waals surface area contributed by atoms with Gasteiger partial charge in [-0.3, -0.25) is 10.2 Å². The van der Waals surface area contributed by atoms with Gasteiger partial charge in [-0.1, -0.05) is 72.1 Å². The molecule has 1 fully saturated rings. The largest absolute Gasteiger partial charge is 0.463 e. The lowest BCUT2D eigenvalue weighted by Crippen LogP contribution is -2.18. The van der Waals surface area contributed by atoms with Gasteiger partial charge in [0.15, 0.2) is 0 Å². The Kier molecular flexibility index (Phi) is 15.2. The van der Waals surface area contributed by atoms with Gasteiger partial charge in [-0.25, -0.2) is 4.99 Å². The van der Waals surface area contributed by atoms with E-state index < -0.39 is 0 Å². The van der Waals surface area contributed by atoms with Crippen LogP contribution in [0.5, 0.6) is 0 Å². The second-order valence-corrected chi connectivity index (χ2v) is 8.06. The number of aromatic nitrogens is 1. The molecule has 4 N–H and O–H groups in total. The highest BCUT2D eigenvalue weighted by atomic mass is 16.6. The lowest BCUT2D eigenvalue weighted by Gasteiger charge is -2.13. The van der Waals surface area contributed by atoms with Crippen molar-refractivity contribution in [2.75, 3.05) is 6.61 Å². The number of H-pyrrole nitrogens is 1. The van der Waals surface area contributed by atoms with Crippen LogP contribution in [0.1, 0.15) is 115 Å². The number of esters is 1. The molecule has 0 saturated carbocycles. The molecule has 7 nitrogen and oxygen atoms in total. The fourth-order valence-electron chi connectivity index (χ4n) is 3.78. The van der Waals surface area contributed by atoms with Crippen molar-refractivity contribution in [1.29, 1.82) is 5.41 Å². The van der Waals surface area contributed by atoms with E-state index in [1.807, 2.05) is 26.0 Å². The van der Waals surface area contributed by atoms with Crippen molar-refractivity contribution >= 4 is 18.1 Å². The van der Waals surface area contributed by atoms with Crippen molar-refractivity contribution in [2.24, 2.45) is 10.7 Å². The first kappa shape index (κ1) is 27.9. The molecule has 1 aliphatic heterocycles. The first-order valence-corrected chi connectivity index (χ1v) is 12.5. The number of hydrogen-bond acceptors (Lipinski definition) is 4. The van der Waals surface area contributed by atoms with Crippen LogP contribution in [-0.2, 0) is 14.3 Å². The molecular weight excluding hydrogens is 404 g/mol. The molecule has 0 bridgehead atoms. The van der Waals surface area contributed by atoms with Gasteiger partial charge in [0.1, 0.15) is 18.8 Å². The standard InChI is InChI=1S/C23H38N4O3.C2H6/c1-2-3-4-5-6-7-8-9-10-11-22(28)29-16-18-12-15-21(30-18)19-13-14-20(27-19)23(25)26-17-24;1-2/h13-14,17-18,21,27H,2-12,15-16H2,1H3,(H3,24,25,26);1-2H3. The average Bonchev–Trinajstić information content (AvgIpc) is 3.48. The van der Waals surface area contributed by atoms with Crippen LogP contribution in [0.3, 0.4) is 0 Å². The maximum atomic E-state index is 12.0. The third-order valence-electron chi connectivity index (χ3n) is 5.56. The van der Waals surface area contributed by atoms with Crippen molar-refractivity contribution in [1.82, 2.24) is 4.98 Å². The number of nitrogens with one attached hydrogen (secondary N) is 2. The Balaban J connectivity index is 0.00000249. The van der Waals surface area contributed by atoms with Gasteiger partial charge in [-0.15, -0.1) is 0 Å². The number of nitrogens with two attached hydrogens (primary N) is 1. The Bertz CT molecular complexity index is 672. The molecular formula is C25H44N4O3. The zero-order valence-corrected chi connectivity index (χ0v) is 20.3. The lowest BCUT2D eigenvalue weighted by molar-refractivity contribution is -0.147. The van der Waals surface area contributed by atoms with E-state index >= 15 is 0 Å². The number of carbonyl (C=O) groups excluding carboxylic acids is 1. The minimum atomic E-state index is -0.122. The van der Waals surface area contributed by atoms with E-state index in [2.05, 4.69) is 16.9 Å². The second-order valence-electron chi connectivity index (χ2n) is 8.06. The molecule has 0 spiro atoms. The molecule has 0 aromatic carbocycles. The summed E-state index contributed by atoms with van der Waals surface area (Å²) in [6.45, 7) is 6.56. The van der Waals surface area contributed by atoms with Gasteiger partial charge < -0.3 is 20.2 Å². The highest BCUT2D eigenvalue weighted by molar-refractivity contribution is 5.99. The normalized spacial score (nSPS) is 18.2. The maximum Gasteiger partial charge on any atom is 0.305 e. The smallest absolute Gasteiger partial charge is 0.305 e. The first-order chi connectivity index (χ1) is 15.6. The highest BCUT2D eigenvalue weighted by Crippen LogP contribution is 2.32. The van der Waals surface area contributed by atoms with Gasteiger partial charge in [-0.2, -0.15) is 0 Å². The summed E-state index contributed by atoms with van der Waals surface area (Å²) in [5.41, 5.74) is 7.39. The van der Waals surface area contributed by atoms with E-state index in [4.69, 9.17) is 20.6 Å². The predicted molar refractivity (Wildman–Crippen MR) is 131 cm³/mol. The summed E-state index contributed by atoms with van der Waals surface area (Å²) in [5, 5.41) is 6.99. The SMILES string of the molecule is CC.CCCCCCCCCCCC(=O)OCC1CCC(c2ccc(C(N)=NC=N)[nH]2)O1. The van der Waals surface area contributed by atoms with E-state index in [0.29, 0.717) is 18.7 Å². The fourth-order valence-corrected chi connectivity index (χ4v) is 3.78. The molecule has 1 aromatic rings. The van der Waals surface area contributed by atoms with Gasteiger partial charge in [0.2, 0.25) is 0 Å². The van der Waals surface area contributed by atoms with Crippen LogP contribution in [0.2, 0.25) is 0 Å². The molecule has 2 atom stereocenters. The average molecular weight is 449 g/mol. The first-order valence-electron chi connectivity index (χ1n) is 12.5. The van der Waals surface area contributed by atoms with Crippen molar-refractivity contribution < 1.29 is 14.3 Å². The third kappa shape index (κ3) is 10.9. The van der Waals surface area contributed by atoms with Crippen LogP contribution in [0.4, 0.5) is 0 Å². The summed E-state index contributed by atoms with van der Waals surface area (Å²) in [6.07, 6.45) is 14.1. The second kappa shape index (κ2) is 17.4. The zero-order chi connectivity index (χ0) is 23.6. The predicted octanol–water partition coefficient (Wildman–Crippen LogP) is 6.04. The monoisotopic (exact) mass is 448 g/mol. The number of amidine groups is 1. The minimum absolute atomic E-state index is 0.0624. The lowest BCUT2D eigenvalue weighted by atomic mass is 10.1. The number of nitrogens with zero attached hydrogens (tertiary/aromatic N) is 1. The summed E-state index contributed by atoms with van der Waals surface area (Å²) >= 11 is 0. The maximum absolute atomic E-state index is 12.0. The number of unbranched alkanes of at least 4 members (excludes halogenated alkanes) is 8. The van der Waals surface area contributed by atoms with Crippen molar-refractivity contribution in [3.8, 4) is 0 Å². The highest BCUT2D eigenvalue weighted by Gasteiger charge is 2.28. The number of rotatable bonds is 15. The van der Waals surface area contributed by atoms with Crippen LogP contribution < -0.4 is 5.73 Å². The zero-order valence-electron chi connectivity index (χ0n) is 20.3. The molecule has 182 valence electrons. The van der Waals surface area contributed by atoms with E-state index in [1.54, 1.807) is 0 Å². The summed E-state index contributed by atoms with van der Waals surface area (Å²) in [5.74, 6) is 0.152. The third-order valence-corrected chi connectivity index (χ3v) is 5.56. The van der Waals surface area contributed by atoms with E-state index in [-0.39, 0.29) is 24.0 Å².